The maximum atomic E-state index is 12.2. The molecule has 0 radical (unpaired) electrons. The monoisotopic (exact) mass is 330 g/mol. The second kappa shape index (κ2) is 7.69. The van der Waals surface area contributed by atoms with Crippen molar-refractivity contribution in [2.24, 2.45) is 5.92 Å². The minimum Gasteiger partial charge on any atom is -0.492 e. The fourth-order valence-electron chi connectivity index (χ4n) is 3.60. The van der Waals surface area contributed by atoms with E-state index in [0.29, 0.717) is 19.7 Å². The normalized spacial score (nSPS) is 19.7. The summed E-state index contributed by atoms with van der Waals surface area (Å²) in [4.78, 5) is 25.4. The Morgan fingerprint density at radius 3 is 2.92 bits per heavy atom. The second-order valence-corrected chi connectivity index (χ2v) is 6.73. The summed E-state index contributed by atoms with van der Waals surface area (Å²) in [6.45, 7) is 3.82. The fraction of sp³-hybridized carbons (Fsp3) is 0.579. The van der Waals surface area contributed by atoms with Crippen molar-refractivity contribution < 1.29 is 14.3 Å². The van der Waals surface area contributed by atoms with Gasteiger partial charge in [0.2, 0.25) is 11.8 Å². The zero-order valence-electron chi connectivity index (χ0n) is 14.3. The number of nitrogens with one attached hydrogen (secondary N) is 1. The molecule has 3 rings (SSSR count). The Balaban J connectivity index is 1.40. The van der Waals surface area contributed by atoms with Crippen LogP contribution < -0.4 is 10.1 Å². The van der Waals surface area contributed by atoms with Crippen LogP contribution in [0.1, 0.15) is 37.3 Å². The SMILES string of the molecule is CC(=O)N1CCCC(C(=O)NCCOc2ccc3c(c2)CCC3)C1. The van der Waals surface area contributed by atoms with Gasteiger partial charge in [0.15, 0.2) is 0 Å². The van der Waals surface area contributed by atoms with Crippen LogP contribution in [0.2, 0.25) is 0 Å². The molecule has 0 aromatic heterocycles. The molecule has 5 heteroatoms. The molecule has 1 aromatic rings. The summed E-state index contributed by atoms with van der Waals surface area (Å²) in [6, 6.07) is 6.28. The predicted octanol–water partition coefficient (Wildman–Crippen LogP) is 1.93. The number of hydrogen-bond acceptors (Lipinski definition) is 3. The molecule has 0 spiro atoms. The van der Waals surface area contributed by atoms with Crippen molar-refractivity contribution in [2.45, 2.75) is 39.0 Å². The molecular formula is C19H26N2O3. The molecule has 1 aliphatic heterocycles. The number of ether oxygens (including phenoxy) is 1. The lowest BCUT2D eigenvalue weighted by molar-refractivity contribution is -0.134. The van der Waals surface area contributed by atoms with Crippen LogP contribution >= 0.6 is 0 Å². The number of nitrogens with zero attached hydrogens (tertiary/aromatic N) is 1. The average molecular weight is 330 g/mol. The lowest BCUT2D eigenvalue weighted by atomic mass is 9.97. The zero-order chi connectivity index (χ0) is 16.9. The van der Waals surface area contributed by atoms with Gasteiger partial charge in [-0.2, -0.15) is 0 Å². The van der Waals surface area contributed by atoms with Crippen molar-refractivity contribution >= 4 is 11.8 Å². The quantitative estimate of drug-likeness (QED) is 0.839. The van der Waals surface area contributed by atoms with E-state index in [9.17, 15) is 9.59 Å². The van der Waals surface area contributed by atoms with Gasteiger partial charge in [-0.25, -0.2) is 0 Å². The average Bonchev–Trinajstić information content (AvgIpc) is 3.06. The highest BCUT2D eigenvalue weighted by molar-refractivity contribution is 5.80. The number of benzene rings is 1. The lowest BCUT2D eigenvalue weighted by Gasteiger charge is -2.31. The Labute approximate surface area is 143 Å². The zero-order valence-corrected chi connectivity index (χ0v) is 14.3. The van der Waals surface area contributed by atoms with Crippen LogP contribution in [0, 0.1) is 5.92 Å². The number of amides is 2. The summed E-state index contributed by atoms with van der Waals surface area (Å²) >= 11 is 0. The third-order valence-corrected chi connectivity index (χ3v) is 4.98. The highest BCUT2D eigenvalue weighted by atomic mass is 16.5. The van der Waals surface area contributed by atoms with E-state index in [2.05, 4.69) is 17.4 Å². The molecule has 2 amide bonds. The van der Waals surface area contributed by atoms with E-state index in [-0.39, 0.29) is 17.7 Å². The first-order valence-corrected chi connectivity index (χ1v) is 8.91. The van der Waals surface area contributed by atoms with Gasteiger partial charge in [0.1, 0.15) is 12.4 Å². The predicted molar refractivity (Wildman–Crippen MR) is 91.9 cm³/mol. The number of carbonyl (C=O) groups is 2. The Morgan fingerprint density at radius 2 is 2.08 bits per heavy atom. The van der Waals surface area contributed by atoms with Crippen LogP contribution in [0.5, 0.6) is 5.75 Å². The molecule has 2 aliphatic rings. The summed E-state index contributed by atoms with van der Waals surface area (Å²) in [5, 5.41) is 2.93. The minimum absolute atomic E-state index is 0.0264. The van der Waals surface area contributed by atoms with Gasteiger partial charge in [0.25, 0.3) is 0 Å². The third kappa shape index (κ3) is 4.08. The van der Waals surface area contributed by atoms with E-state index in [1.165, 1.54) is 24.0 Å². The van der Waals surface area contributed by atoms with Crippen molar-refractivity contribution in [2.75, 3.05) is 26.2 Å². The number of aryl methyl sites for hydroxylation is 2. The Morgan fingerprint density at radius 1 is 1.25 bits per heavy atom. The van der Waals surface area contributed by atoms with Gasteiger partial charge < -0.3 is 15.0 Å². The van der Waals surface area contributed by atoms with Gasteiger partial charge >= 0.3 is 0 Å². The van der Waals surface area contributed by atoms with Crippen molar-refractivity contribution in [3.63, 3.8) is 0 Å². The van der Waals surface area contributed by atoms with Crippen LogP contribution in [-0.2, 0) is 22.4 Å². The van der Waals surface area contributed by atoms with Crippen molar-refractivity contribution in [1.29, 1.82) is 0 Å². The molecule has 0 saturated carbocycles. The molecule has 5 nitrogen and oxygen atoms in total. The number of piperidine rings is 1. The highest BCUT2D eigenvalue weighted by Crippen LogP contribution is 2.25. The van der Waals surface area contributed by atoms with Crippen LogP contribution in [0.15, 0.2) is 18.2 Å². The van der Waals surface area contributed by atoms with E-state index in [1.54, 1.807) is 11.8 Å². The molecule has 1 aliphatic carbocycles. The summed E-state index contributed by atoms with van der Waals surface area (Å²) in [5.74, 6) is 0.860. The number of fused-ring (bicyclic) bond motifs is 1. The molecule has 130 valence electrons. The molecule has 1 aromatic carbocycles. The van der Waals surface area contributed by atoms with Gasteiger partial charge in [-0.1, -0.05) is 6.07 Å². The molecule has 0 bridgehead atoms. The van der Waals surface area contributed by atoms with E-state index < -0.39 is 0 Å². The number of likely N-dealkylation sites (tertiary alicyclic amines) is 1. The number of carbonyl (C=O) groups excluding carboxylic acids is 2. The molecule has 1 N–H and O–H groups in total. The highest BCUT2D eigenvalue weighted by Gasteiger charge is 2.26. The molecule has 1 fully saturated rings. The van der Waals surface area contributed by atoms with Crippen LogP contribution in [-0.4, -0.2) is 43.0 Å². The molecule has 1 heterocycles. The Hall–Kier alpha value is -2.04. The largest absolute Gasteiger partial charge is 0.492 e. The molecule has 1 unspecified atom stereocenters. The number of hydrogen-bond donors (Lipinski definition) is 1. The summed E-state index contributed by atoms with van der Waals surface area (Å²) in [7, 11) is 0. The molecule has 1 saturated heterocycles. The summed E-state index contributed by atoms with van der Waals surface area (Å²) in [5.41, 5.74) is 2.83. The Bertz CT molecular complexity index is 615. The first-order chi connectivity index (χ1) is 11.6. The maximum Gasteiger partial charge on any atom is 0.225 e. The van der Waals surface area contributed by atoms with Gasteiger partial charge in [-0.3, -0.25) is 9.59 Å². The van der Waals surface area contributed by atoms with Gasteiger partial charge in [0, 0.05) is 20.0 Å². The first-order valence-electron chi connectivity index (χ1n) is 8.91. The van der Waals surface area contributed by atoms with Crippen molar-refractivity contribution in [3.8, 4) is 5.75 Å². The second-order valence-electron chi connectivity index (χ2n) is 6.73. The fourth-order valence-corrected chi connectivity index (χ4v) is 3.60. The summed E-state index contributed by atoms with van der Waals surface area (Å²) in [6.07, 6.45) is 5.28. The standard InChI is InChI=1S/C19H26N2O3/c1-14(22)21-10-3-6-17(13-21)19(23)20-9-11-24-18-8-7-15-4-2-5-16(15)12-18/h7-8,12,17H,2-6,9-11,13H2,1H3,(H,20,23). The van der Waals surface area contributed by atoms with E-state index in [1.807, 2.05) is 6.07 Å². The maximum absolute atomic E-state index is 12.2. The summed E-state index contributed by atoms with van der Waals surface area (Å²) < 4.78 is 5.75. The smallest absolute Gasteiger partial charge is 0.225 e. The first kappa shape index (κ1) is 16.8. The third-order valence-electron chi connectivity index (χ3n) is 4.98. The van der Waals surface area contributed by atoms with Crippen LogP contribution in [0.25, 0.3) is 0 Å². The van der Waals surface area contributed by atoms with E-state index in [4.69, 9.17) is 4.74 Å². The van der Waals surface area contributed by atoms with Crippen molar-refractivity contribution in [1.82, 2.24) is 10.2 Å². The number of rotatable bonds is 5. The van der Waals surface area contributed by atoms with Crippen molar-refractivity contribution in [3.05, 3.63) is 29.3 Å². The van der Waals surface area contributed by atoms with Gasteiger partial charge in [0.05, 0.1) is 12.5 Å². The topological polar surface area (TPSA) is 58.6 Å². The molecular weight excluding hydrogens is 304 g/mol. The minimum atomic E-state index is -0.0948. The van der Waals surface area contributed by atoms with Crippen LogP contribution in [0.4, 0.5) is 0 Å². The van der Waals surface area contributed by atoms with E-state index in [0.717, 1.165) is 31.6 Å². The molecule has 24 heavy (non-hydrogen) atoms. The van der Waals surface area contributed by atoms with Gasteiger partial charge in [-0.05, 0) is 55.4 Å². The lowest BCUT2D eigenvalue weighted by Crippen LogP contribution is -2.45. The van der Waals surface area contributed by atoms with Gasteiger partial charge in [-0.15, -0.1) is 0 Å². The Kier molecular flexibility index (Phi) is 5.38. The molecule has 1 atom stereocenters. The van der Waals surface area contributed by atoms with Crippen LogP contribution in [0.3, 0.4) is 0 Å². The van der Waals surface area contributed by atoms with E-state index >= 15 is 0 Å².